The quantitative estimate of drug-likeness (QED) is 0.456. The first-order chi connectivity index (χ1) is 15.1. The molecule has 4 rings (SSSR count). The second-order valence-corrected chi connectivity index (χ2v) is 7.22. The van der Waals surface area contributed by atoms with Gasteiger partial charge in [0, 0.05) is 17.3 Å². The zero-order valence-electron chi connectivity index (χ0n) is 17.1. The second-order valence-electron chi connectivity index (χ2n) is 7.22. The molecule has 0 aliphatic heterocycles. The van der Waals surface area contributed by atoms with E-state index in [2.05, 4.69) is 20.6 Å². The Bertz CT molecular complexity index is 1170. The number of aromatic amines is 1. The van der Waals surface area contributed by atoms with E-state index in [-0.39, 0.29) is 11.3 Å². The molecule has 1 unspecified atom stereocenters. The predicted octanol–water partition coefficient (Wildman–Crippen LogP) is 3.24. The SMILES string of the molecule is CCCc1cc(O)cc(=O)n1Cc1ccc(OC(c2ccccc2)c2nnn[nH]2)cc1. The third-order valence-corrected chi connectivity index (χ3v) is 4.94. The Balaban J connectivity index is 1.55. The number of aryl methyl sites for hydroxylation is 1. The molecule has 8 heteroatoms. The molecule has 0 aliphatic carbocycles. The summed E-state index contributed by atoms with van der Waals surface area (Å²) in [5.74, 6) is 1.17. The van der Waals surface area contributed by atoms with Crippen LogP contribution in [-0.2, 0) is 13.0 Å². The number of tetrazole rings is 1. The van der Waals surface area contributed by atoms with E-state index in [1.165, 1.54) is 6.07 Å². The van der Waals surface area contributed by atoms with Crippen LogP contribution in [0.2, 0.25) is 0 Å². The van der Waals surface area contributed by atoms with E-state index >= 15 is 0 Å². The molecule has 0 aliphatic rings. The van der Waals surface area contributed by atoms with Gasteiger partial charge in [-0.05, 0) is 40.6 Å². The van der Waals surface area contributed by atoms with Crippen molar-refractivity contribution in [2.24, 2.45) is 0 Å². The summed E-state index contributed by atoms with van der Waals surface area (Å²) in [6.45, 7) is 2.46. The zero-order valence-corrected chi connectivity index (χ0v) is 17.1. The van der Waals surface area contributed by atoms with Gasteiger partial charge in [-0.2, -0.15) is 0 Å². The molecule has 2 aromatic carbocycles. The molecule has 0 spiro atoms. The van der Waals surface area contributed by atoms with Gasteiger partial charge in [-0.3, -0.25) is 4.79 Å². The minimum Gasteiger partial charge on any atom is -0.508 e. The van der Waals surface area contributed by atoms with Crippen molar-refractivity contribution in [1.29, 1.82) is 0 Å². The van der Waals surface area contributed by atoms with Crippen LogP contribution in [0.5, 0.6) is 11.5 Å². The maximum absolute atomic E-state index is 12.4. The highest BCUT2D eigenvalue weighted by Crippen LogP contribution is 2.26. The third-order valence-electron chi connectivity index (χ3n) is 4.94. The van der Waals surface area contributed by atoms with Gasteiger partial charge in [-0.1, -0.05) is 55.8 Å². The number of H-pyrrole nitrogens is 1. The number of nitrogens with zero attached hydrogens (tertiary/aromatic N) is 4. The molecule has 4 aromatic rings. The molecule has 0 saturated heterocycles. The highest BCUT2D eigenvalue weighted by Gasteiger charge is 2.20. The number of nitrogens with one attached hydrogen (secondary N) is 1. The fourth-order valence-electron chi connectivity index (χ4n) is 3.46. The van der Waals surface area contributed by atoms with Crippen molar-refractivity contribution in [3.8, 4) is 11.5 Å². The Labute approximate surface area is 179 Å². The summed E-state index contributed by atoms with van der Waals surface area (Å²) in [6.07, 6.45) is 1.12. The topological polar surface area (TPSA) is 106 Å². The fourth-order valence-corrected chi connectivity index (χ4v) is 3.46. The number of rotatable bonds is 8. The van der Waals surface area contributed by atoms with Crippen LogP contribution >= 0.6 is 0 Å². The van der Waals surface area contributed by atoms with Gasteiger partial charge in [0.05, 0.1) is 6.54 Å². The summed E-state index contributed by atoms with van der Waals surface area (Å²) >= 11 is 0. The first-order valence-corrected chi connectivity index (χ1v) is 10.1. The maximum atomic E-state index is 12.4. The molecule has 0 amide bonds. The van der Waals surface area contributed by atoms with Gasteiger partial charge in [-0.15, -0.1) is 5.10 Å². The highest BCUT2D eigenvalue weighted by molar-refractivity contribution is 5.31. The molecule has 0 radical (unpaired) electrons. The lowest BCUT2D eigenvalue weighted by Gasteiger charge is -2.17. The van der Waals surface area contributed by atoms with E-state index in [9.17, 15) is 9.90 Å². The first kappa shape index (κ1) is 20.3. The van der Waals surface area contributed by atoms with Gasteiger partial charge in [-0.25, -0.2) is 5.10 Å². The summed E-state index contributed by atoms with van der Waals surface area (Å²) < 4.78 is 7.86. The summed E-state index contributed by atoms with van der Waals surface area (Å²) in [5.41, 5.74) is 2.47. The lowest BCUT2D eigenvalue weighted by molar-refractivity contribution is 0.237. The number of ether oxygens (including phenoxy) is 1. The van der Waals surface area contributed by atoms with E-state index in [4.69, 9.17) is 4.74 Å². The van der Waals surface area contributed by atoms with Crippen molar-refractivity contribution in [1.82, 2.24) is 25.2 Å². The van der Waals surface area contributed by atoms with Gasteiger partial charge in [0.2, 0.25) is 0 Å². The molecule has 0 saturated carbocycles. The summed E-state index contributed by atoms with van der Waals surface area (Å²) in [7, 11) is 0. The number of aromatic hydroxyl groups is 1. The van der Waals surface area contributed by atoms with Crippen molar-refractivity contribution in [2.75, 3.05) is 0 Å². The number of aromatic nitrogens is 5. The van der Waals surface area contributed by atoms with Crippen LogP contribution in [0.4, 0.5) is 0 Å². The number of hydrogen-bond acceptors (Lipinski definition) is 6. The molecule has 1 atom stereocenters. The molecule has 31 heavy (non-hydrogen) atoms. The zero-order chi connectivity index (χ0) is 21.6. The normalized spacial score (nSPS) is 11.9. The van der Waals surface area contributed by atoms with Crippen molar-refractivity contribution < 1.29 is 9.84 Å². The molecule has 8 nitrogen and oxygen atoms in total. The molecule has 158 valence electrons. The van der Waals surface area contributed by atoms with Gasteiger partial charge >= 0.3 is 0 Å². The van der Waals surface area contributed by atoms with Crippen molar-refractivity contribution in [3.05, 3.63) is 99.7 Å². The van der Waals surface area contributed by atoms with Crippen LogP contribution in [0.3, 0.4) is 0 Å². The molecule has 2 N–H and O–H groups in total. The van der Waals surface area contributed by atoms with Gasteiger partial charge < -0.3 is 14.4 Å². The monoisotopic (exact) mass is 417 g/mol. The molecule has 2 heterocycles. The standard InChI is InChI=1S/C23H23N5O3/c1-2-6-18-13-19(29)14-21(30)28(18)15-16-9-11-20(12-10-16)31-22(23-24-26-27-25-23)17-7-4-3-5-8-17/h3-5,7-14,22,29H,2,6,15H2,1H3,(H,24,25,26,27). The van der Waals surface area contributed by atoms with Crippen LogP contribution in [0, 0.1) is 0 Å². The average Bonchev–Trinajstić information content (AvgIpc) is 3.31. The third kappa shape index (κ3) is 4.80. The molecular weight excluding hydrogens is 394 g/mol. The highest BCUT2D eigenvalue weighted by atomic mass is 16.5. The van der Waals surface area contributed by atoms with Crippen molar-refractivity contribution in [3.63, 3.8) is 0 Å². The van der Waals surface area contributed by atoms with Gasteiger partial charge in [0.1, 0.15) is 11.5 Å². The number of benzene rings is 2. The second kappa shape index (κ2) is 9.25. The predicted molar refractivity (Wildman–Crippen MR) is 115 cm³/mol. The van der Waals surface area contributed by atoms with Gasteiger partial charge in [0.25, 0.3) is 5.56 Å². The molecular formula is C23H23N5O3. The Kier molecular flexibility index (Phi) is 6.07. The van der Waals surface area contributed by atoms with Crippen LogP contribution in [-0.4, -0.2) is 30.3 Å². The van der Waals surface area contributed by atoms with Crippen molar-refractivity contribution >= 4 is 0 Å². The summed E-state index contributed by atoms with van der Waals surface area (Å²) in [5, 5.41) is 23.9. The largest absolute Gasteiger partial charge is 0.508 e. The average molecular weight is 417 g/mol. The van der Waals surface area contributed by atoms with Gasteiger partial charge in [0.15, 0.2) is 11.9 Å². The minimum atomic E-state index is -0.474. The molecule has 2 aromatic heterocycles. The smallest absolute Gasteiger partial charge is 0.254 e. The number of pyridine rings is 1. The summed E-state index contributed by atoms with van der Waals surface area (Å²) in [6, 6.07) is 20.2. The number of hydrogen-bond donors (Lipinski definition) is 2. The summed E-state index contributed by atoms with van der Waals surface area (Å²) in [4.78, 5) is 12.4. The van der Waals surface area contributed by atoms with Crippen molar-refractivity contribution in [2.45, 2.75) is 32.4 Å². The Morgan fingerprint density at radius 1 is 1.10 bits per heavy atom. The van der Waals surface area contributed by atoms with E-state index < -0.39 is 6.10 Å². The van der Waals surface area contributed by atoms with E-state index in [1.807, 2.05) is 61.5 Å². The first-order valence-electron chi connectivity index (χ1n) is 10.1. The lowest BCUT2D eigenvalue weighted by Crippen LogP contribution is -2.23. The van der Waals surface area contributed by atoms with Crippen LogP contribution in [0.25, 0.3) is 0 Å². The van der Waals surface area contributed by atoms with Crippen LogP contribution < -0.4 is 10.3 Å². The minimum absolute atomic E-state index is 0.00214. The Morgan fingerprint density at radius 3 is 2.55 bits per heavy atom. The lowest BCUT2D eigenvalue weighted by atomic mass is 10.1. The maximum Gasteiger partial charge on any atom is 0.254 e. The van der Waals surface area contributed by atoms with E-state index in [0.717, 1.165) is 29.7 Å². The Hall–Kier alpha value is -3.94. The molecule has 0 fully saturated rings. The van der Waals surface area contributed by atoms with E-state index in [1.54, 1.807) is 10.6 Å². The van der Waals surface area contributed by atoms with E-state index in [0.29, 0.717) is 18.1 Å². The fraction of sp³-hybridized carbons (Fsp3) is 0.217. The Morgan fingerprint density at radius 2 is 1.87 bits per heavy atom. The van der Waals surface area contributed by atoms with Crippen LogP contribution in [0.15, 0.2) is 71.5 Å². The van der Waals surface area contributed by atoms with Crippen LogP contribution in [0.1, 0.15) is 42.1 Å². The molecule has 0 bridgehead atoms.